The summed E-state index contributed by atoms with van der Waals surface area (Å²) in [7, 11) is 0. The Hall–Kier alpha value is -1.62. The van der Waals surface area contributed by atoms with Crippen LogP contribution in [-0.2, 0) is 4.79 Å². The Morgan fingerprint density at radius 2 is 2.21 bits per heavy atom. The molecule has 1 aromatic rings. The molecule has 0 amide bonds. The van der Waals surface area contributed by atoms with E-state index in [1.54, 1.807) is 0 Å². The molecule has 0 aliphatic carbocycles. The van der Waals surface area contributed by atoms with Crippen molar-refractivity contribution in [2.24, 2.45) is 5.73 Å². The summed E-state index contributed by atoms with van der Waals surface area (Å²) in [6.07, 6.45) is -0.270. The van der Waals surface area contributed by atoms with Gasteiger partial charge in [-0.1, -0.05) is 12.1 Å². The second kappa shape index (κ2) is 4.06. The molecular formula is C9H11FN2O2. The number of rotatable bonds is 3. The van der Waals surface area contributed by atoms with Crippen molar-refractivity contribution in [3.05, 3.63) is 29.6 Å². The largest absolute Gasteiger partial charge is 0.481 e. The molecule has 1 atom stereocenters. The molecule has 5 heteroatoms. The minimum Gasteiger partial charge on any atom is -0.481 e. The first kappa shape index (κ1) is 10.5. The number of nitrogen functional groups attached to an aromatic ring is 1. The predicted octanol–water partition coefficient (Wildman–Crippen LogP) is 0.882. The lowest BCUT2D eigenvalue weighted by molar-refractivity contribution is -0.137. The van der Waals surface area contributed by atoms with Crippen LogP contribution in [0.15, 0.2) is 18.2 Å². The lowest BCUT2D eigenvalue weighted by atomic mass is 10.0. The molecule has 0 bridgehead atoms. The number of halogens is 1. The minimum atomic E-state index is -1.04. The highest BCUT2D eigenvalue weighted by atomic mass is 19.1. The van der Waals surface area contributed by atoms with Crippen molar-refractivity contribution in [1.29, 1.82) is 0 Å². The zero-order valence-electron chi connectivity index (χ0n) is 7.40. The number of aliphatic carboxylic acids is 1. The van der Waals surface area contributed by atoms with Gasteiger partial charge in [-0.25, -0.2) is 4.39 Å². The van der Waals surface area contributed by atoms with Gasteiger partial charge in [0.25, 0.3) is 0 Å². The number of nitrogens with two attached hydrogens (primary N) is 2. The van der Waals surface area contributed by atoms with Crippen molar-refractivity contribution in [1.82, 2.24) is 0 Å². The van der Waals surface area contributed by atoms with Gasteiger partial charge in [0.15, 0.2) is 0 Å². The smallest absolute Gasteiger partial charge is 0.305 e. The fourth-order valence-electron chi connectivity index (χ4n) is 1.18. The van der Waals surface area contributed by atoms with Gasteiger partial charge in [0.1, 0.15) is 5.82 Å². The number of benzene rings is 1. The normalized spacial score (nSPS) is 12.4. The monoisotopic (exact) mass is 198 g/mol. The van der Waals surface area contributed by atoms with Crippen LogP contribution in [0.2, 0.25) is 0 Å². The topological polar surface area (TPSA) is 89.3 Å². The first-order chi connectivity index (χ1) is 6.52. The first-order valence-electron chi connectivity index (χ1n) is 4.03. The highest BCUT2D eigenvalue weighted by Crippen LogP contribution is 2.23. The second-order valence-corrected chi connectivity index (χ2v) is 2.95. The molecule has 4 nitrogen and oxygen atoms in total. The molecule has 5 N–H and O–H groups in total. The van der Waals surface area contributed by atoms with Crippen molar-refractivity contribution >= 4 is 11.7 Å². The third kappa shape index (κ3) is 2.20. The zero-order chi connectivity index (χ0) is 10.7. The van der Waals surface area contributed by atoms with Crippen LogP contribution >= 0.6 is 0 Å². The van der Waals surface area contributed by atoms with Gasteiger partial charge in [-0.2, -0.15) is 0 Å². The van der Waals surface area contributed by atoms with E-state index in [-0.39, 0.29) is 12.1 Å². The Morgan fingerprint density at radius 3 is 2.79 bits per heavy atom. The Labute approximate surface area is 80.3 Å². The summed E-state index contributed by atoms with van der Waals surface area (Å²) in [5.41, 5.74) is 11.2. The van der Waals surface area contributed by atoms with Crippen LogP contribution in [0.5, 0.6) is 0 Å². The van der Waals surface area contributed by atoms with Crippen LogP contribution in [0, 0.1) is 5.82 Å². The molecule has 0 fully saturated rings. The number of hydrogen-bond donors (Lipinski definition) is 3. The Kier molecular flexibility index (Phi) is 3.03. The molecule has 0 radical (unpaired) electrons. The number of hydrogen-bond acceptors (Lipinski definition) is 3. The van der Waals surface area contributed by atoms with E-state index in [1.165, 1.54) is 18.2 Å². The maximum absolute atomic E-state index is 12.9. The van der Waals surface area contributed by atoms with Gasteiger partial charge in [0.05, 0.1) is 12.1 Å². The van der Waals surface area contributed by atoms with E-state index >= 15 is 0 Å². The van der Waals surface area contributed by atoms with Gasteiger partial charge in [-0.05, 0) is 11.6 Å². The van der Waals surface area contributed by atoms with Crippen molar-refractivity contribution in [3.63, 3.8) is 0 Å². The lowest BCUT2D eigenvalue weighted by Gasteiger charge is -2.12. The van der Waals surface area contributed by atoms with Crippen LogP contribution in [0.1, 0.15) is 18.0 Å². The summed E-state index contributed by atoms with van der Waals surface area (Å²) in [6.45, 7) is 0. The summed E-state index contributed by atoms with van der Waals surface area (Å²) in [6, 6.07) is 3.39. The number of anilines is 1. The summed E-state index contributed by atoms with van der Waals surface area (Å²) in [5, 5.41) is 8.49. The summed E-state index contributed by atoms with van der Waals surface area (Å²) in [4.78, 5) is 10.4. The maximum Gasteiger partial charge on any atom is 0.305 e. The number of carbonyl (C=O) groups is 1. The maximum atomic E-state index is 12.9. The standard InChI is InChI=1S/C9H11FN2O2/c10-6-3-1-2-5(9(6)12)7(11)4-8(13)14/h1-3,7H,4,11-12H2,(H,13,14)/t7-/m0/s1. The van der Waals surface area contributed by atoms with Gasteiger partial charge >= 0.3 is 5.97 Å². The highest BCUT2D eigenvalue weighted by molar-refractivity contribution is 5.68. The van der Waals surface area contributed by atoms with E-state index in [9.17, 15) is 9.18 Å². The molecule has 0 aliphatic rings. The van der Waals surface area contributed by atoms with Gasteiger partial charge in [0.2, 0.25) is 0 Å². The molecule has 0 saturated carbocycles. The number of para-hydroxylation sites is 1. The van der Waals surface area contributed by atoms with E-state index < -0.39 is 17.8 Å². The molecule has 1 aromatic carbocycles. The molecular weight excluding hydrogens is 187 g/mol. The summed E-state index contributed by atoms with van der Waals surface area (Å²) in [5.74, 6) is -1.62. The van der Waals surface area contributed by atoms with Crippen molar-refractivity contribution in [2.75, 3.05) is 5.73 Å². The number of carboxylic acid groups (broad SMARTS) is 1. The lowest BCUT2D eigenvalue weighted by Crippen LogP contribution is -2.17. The van der Waals surface area contributed by atoms with Gasteiger partial charge in [0, 0.05) is 6.04 Å². The van der Waals surface area contributed by atoms with Gasteiger partial charge < -0.3 is 16.6 Å². The van der Waals surface area contributed by atoms with Crippen molar-refractivity contribution < 1.29 is 14.3 Å². The third-order valence-electron chi connectivity index (χ3n) is 1.88. The van der Waals surface area contributed by atoms with E-state index in [4.69, 9.17) is 16.6 Å². The summed E-state index contributed by atoms with van der Waals surface area (Å²) >= 11 is 0. The molecule has 0 aliphatic heterocycles. The summed E-state index contributed by atoms with van der Waals surface area (Å²) < 4.78 is 12.9. The molecule has 0 spiro atoms. The Bertz CT molecular complexity index is 355. The molecule has 0 aromatic heterocycles. The number of carboxylic acids is 1. The van der Waals surface area contributed by atoms with Crippen LogP contribution < -0.4 is 11.5 Å². The van der Waals surface area contributed by atoms with Crippen LogP contribution in [0.3, 0.4) is 0 Å². The van der Waals surface area contributed by atoms with Gasteiger partial charge in [-0.3, -0.25) is 4.79 Å². The fraction of sp³-hybridized carbons (Fsp3) is 0.222. The quantitative estimate of drug-likeness (QED) is 0.629. The molecule has 0 unspecified atom stereocenters. The fourth-order valence-corrected chi connectivity index (χ4v) is 1.18. The second-order valence-electron chi connectivity index (χ2n) is 2.95. The molecule has 1 rings (SSSR count). The van der Waals surface area contributed by atoms with Crippen LogP contribution in [0.25, 0.3) is 0 Å². The Balaban J connectivity index is 2.95. The molecule has 14 heavy (non-hydrogen) atoms. The van der Waals surface area contributed by atoms with E-state index in [2.05, 4.69) is 0 Å². The van der Waals surface area contributed by atoms with Gasteiger partial charge in [-0.15, -0.1) is 0 Å². The van der Waals surface area contributed by atoms with E-state index in [0.29, 0.717) is 5.56 Å². The predicted molar refractivity (Wildman–Crippen MR) is 50.0 cm³/mol. The highest BCUT2D eigenvalue weighted by Gasteiger charge is 2.14. The zero-order valence-corrected chi connectivity index (χ0v) is 7.40. The minimum absolute atomic E-state index is 0.0822. The Morgan fingerprint density at radius 1 is 1.57 bits per heavy atom. The van der Waals surface area contributed by atoms with Crippen LogP contribution in [-0.4, -0.2) is 11.1 Å². The molecule has 0 heterocycles. The first-order valence-corrected chi connectivity index (χ1v) is 4.03. The van der Waals surface area contributed by atoms with Crippen molar-refractivity contribution in [2.45, 2.75) is 12.5 Å². The van der Waals surface area contributed by atoms with E-state index in [1.807, 2.05) is 0 Å². The molecule has 0 saturated heterocycles. The SMILES string of the molecule is Nc1c(F)cccc1[C@@H](N)CC(=O)O. The van der Waals surface area contributed by atoms with E-state index in [0.717, 1.165) is 0 Å². The van der Waals surface area contributed by atoms with Crippen LogP contribution in [0.4, 0.5) is 10.1 Å². The van der Waals surface area contributed by atoms with Crippen molar-refractivity contribution in [3.8, 4) is 0 Å². The average molecular weight is 198 g/mol. The molecule has 76 valence electrons. The average Bonchev–Trinajstić information content (AvgIpc) is 2.08. The third-order valence-corrected chi connectivity index (χ3v) is 1.88.